The Kier molecular flexibility index (Phi) is 2.46. The highest BCUT2D eigenvalue weighted by Crippen LogP contribution is 2.22. The molecule has 0 saturated heterocycles. The minimum absolute atomic E-state index is 0.0384. The van der Waals surface area contributed by atoms with E-state index >= 15 is 0 Å². The number of hydrogen-bond donors (Lipinski definition) is 1. The zero-order chi connectivity index (χ0) is 11.8. The highest BCUT2D eigenvalue weighted by molar-refractivity contribution is 5.36. The maximum absolute atomic E-state index is 11.4. The van der Waals surface area contributed by atoms with E-state index in [2.05, 4.69) is 38.0 Å². The van der Waals surface area contributed by atoms with E-state index in [0.717, 1.165) is 5.69 Å². The molecule has 0 aliphatic rings. The molecule has 84 valence electrons. The second kappa shape index (κ2) is 3.67. The molecule has 0 amide bonds. The summed E-state index contributed by atoms with van der Waals surface area (Å²) < 4.78 is 1.52. The third-order valence-electron chi connectivity index (χ3n) is 2.64. The van der Waals surface area contributed by atoms with Gasteiger partial charge in [0, 0.05) is 12.3 Å². The van der Waals surface area contributed by atoms with Crippen molar-refractivity contribution in [3.8, 4) is 5.69 Å². The summed E-state index contributed by atoms with van der Waals surface area (Å²) in [6.07, 6.45) is 1.64. The van der Waals surface area contributed by atoms with Gasteiger partial charge in [-0.1, -0.05) is 32.9 Å². The third kappa shape index (κ3) is 1.94. The largest absolute Gasteiger partial charge is 0.298 e. The molecule has 3 heteroatoms. The van der Waals surface area contributed by atoms with Gasteiger partial charge in [0.25, 0.3) is 5.56 Å². The Morgan fingerprint density at radius 3 is 2.12 bits per heavy atom. The van der Waals surface area contributed by atoms with Crippen molar-refractivity contribution in [2.75, 3.05) is 0 Å². The zero-order valence-electron chi connectivity index (χ0n) is 9.82. The van der Waals surface area contributed by atoms with Crippen LogP contribution in [0.2, 0.25) is 0 Å². The summed E-state index contributed by atoms with van der Waals surface area (Å²) in [6.45, 7) is 6.51. The van der Waals surface area contributed by atoms with E-state index in [4.69, 9.17) is 0 Å². The Hall–Kier alpha value is -1.77. The second-order valence-electron chi connectivity index (χ2n) is 4.93. The Morgan fingerprint density at radius 1 is 1.06 bits per heavy atom. The predicted molar refractivity (Wildman–Crippen MR) is 65.1 cm³/mol. The maximum atomic E-state index is 11.4. The van der Waals surface area contributed by atoms with Crippen molar-refractivity contribution in [1.82, 2.24) is 9.78 Å². The van der Waals surface area contributed by atoms with Gasteiger partial charge in [-0.05, 0) is 23.1 Å². The SMILES string of the molecule is CC(C)(C)c1ccc(-n2[nH]ccc2=O)cc1. The van der Waals surface area contributed by atoms with Gasteiger partial charge in [-0.2, -0.15) is 0 Å². The van der Waals surface area contributed by atoms with Crippen LogP contribution in [0.1, 0.15) is 26.3 Å². The molecule has 1 heterocycles. The van der Waals surface area contributed by atoms with Crippen LogP contribution >= 0.6 is 0 Å². The third-order valence-corrected chi connectivity index (χ3v) is 2.64. The van der Waals surface area contributed by atoms with Gasteiger partial charge in [-0.15, -0.1) is 0 Å². The maximum Gasteiger partial charge on any atom is 0.271 e. The molecule has 1 aromatic heterocycles. The lowest BCUT2D eigenvalue weighted by molar-refractivity contribution is 0.590. The van der Waals surface area contributed by atoms with E-state index in [1.807, 2.05) is 12.1 Å². The van der Waals surface area contributed by atoms with Crippen molar-refractivity contribution in [3.05, 3.63) is 52.4 Å². The Labute approximate surface area is 94.7 Å². The van der Waals surface area contributed by atoms with Gasteiger partial charge in [0.1, 0.15) is 0 Å². The van der Waals surface area contributed by atoms with Crippen LogP contribution in [0, 0.1) is 0 Å². The molecule has 0 aliphatic heterocycles. The summed E-state index contributed by atoms with van der Waals surface area (Å²) in [4.78, 5) is 11.4. The summed E-state index contributed by atoms with van der Waals surface area (Å²) in [7, 11) is 0. The fourth-order valence-corrected chi connectivity index (χ4v) is 1.63. The quantitative estimate of drug-likeness (QED) is 0.781. The normalized spacial score (nSPS) is 11.7. The molecule has 2 aromatic rings. The molecule has 0 unspecified atom stereocenters. The first-order chi connectivity index (χ1) is 7.48. The molecule has 0 spiro atoms. The second-order valence-corrected chi connectivity index (χ2v) is 4.93. The van der Waals surface area contributed by atoms with E-state index in [0.29, 0.717) is 0 Å². The van der Waals surface area contributed by atoms with Gasteiger partial charge in [-0.3, -0.25) is 9.89 Å². The molecule has 0 radical (unpaired) electrons. The lowest BCUT2D eigenvalue weighted by Gasteiger charge is -2.19. The summed E-state index contributed by atoms with van der Waals surface area (Å²) in [5, 5.41) is 2.88. The number of aromatic nitrogens is 2. The molecule has 16 heavy (non-hydrogen) atoms. The van der Waals surface area contributed by atoms with Crippen molar-refractivity contribution in [2.45, 2.75) is 26.2 Å². The summed E-state index contributed by atoms with van der Waals surface area (Å²) in [5.74, 6) is 0. The minimum Gasteiger partial charge on any atom is -0.298 e. The van der Waals surface area contributed by atoms with E-state index in [-0.39, 0.29) is 11.0 Å². The van der Waals surface area contributed by atoms with Gasteiger partial charge < -0.3 is 0 Å². The van der Waals surface area contributed by atoms with Crippen LogP contribution in [0.3, 0.4) is 0 Å². The van der Waals surface area contributed by atoms with Crippen LogP contribution in [0.25, 0.3) is 5.69 Å². The van der Waals surface area contributed by atoms with Crippen molar-refractivity contribution in [3.63, 3.8) is 0 Å². The Balaban J connectivity index is 2.41. The van der Waals surface area contributed by atoms with Gasteiger partial charge in [0.05, 0.1) is 5.69 Å². The first kappa shape index (κ1) is 10.7. The Bertz CT molecular complexity index is 526. The van der Waals surface area contributed by atoms with E-state index in [1.165, 1.54) is 16.3 Å². The van der Waals surface area contributed by atoms with Gasteiger partial charge in [0.15, 0.2) is 0 Å². The van der Waals surface area contributed by atoms with Crippen molar-refractivity contribution in [1.29, 1.82) is 0 Å². The van der Waals surface area contributed by atoms with E-state index in [9.17, 15) is 4.79 Å². The molecule has 1 aromatic carbocycles. The Morgan fingerprint density at radius 2 is 1.69 bits per heavy atom. The number of rotatable bonds is 1. The highest BCUT2D eigenvalue weighted by Gasteiger charge is 2.13. The molecular formula is C13H16N2O. The minimum atomic E-state index is -0.0384. The van der Waals surface area contributed by atoms with Gasteiger partial charge >= 0.3 is 0 Å². The van der Waals surface area contributed by atoms with Crippen LogP contribution in [-0.4, -0.2) is 9.78 Å². The zero-order valence-corrected chi connectivity index (χ0v) is 9.82. The van der Waals surface area contributed by atoms with Crippen LogP contribution in [-0.2, 0) is 5.41 Å². The lowest BCUT2D eigenvalue weighted by Crippen LogP contribution is -2.15. The first-order valence-corrected chi connectivity index (χ1v) is 5.36. The topological polar surface area (TPSA) is 37.8 Å². The summed E-state index contributed by atoms with van der Waals surface area (Å²) in [6, 6.07) is 9.54. The molecule has 1 N–H and O–H groups in total. The van der Waals surface area contributed by atoms with Crippen molar-refractivity contribution >= 4 is 0 Å². The lowest BCUT2D eigenvalue weighted by atomic mass is 9.87. The molecule has 0 saturated carbocycles. The number of hydrogen-bond acceptors (Lipinski definition) is 1. The summed E-state index contributed by atoms with van der Waals surface area (Å²) >= 11 is 0. The fraction of sp³-hybridized carbons (Fsp3) is 0.308. The molecule has 3 nitrogen and oxygen atoms in total. The van der Waals surface area contributed by atoms with Crippen LogP contribution in [0.4, 0.5) is 0 Å². The average Bonchev–Trinajstić information content (AvgIpc) is 2.63. The molecular weight excluding hydrogens is 200 g/mol. The number of benzene rings is 1. The average molecular weight is 216 g/mol. The highest BCUT2D eigenvalue weighted by atomic mass is 16.1. The molecule has 0 atom stereocenters. The van der Waals surface area contributed by atoms with Crippen molar-refractivity contribution in [2.24, 2.45) is 0 Å². The van der Waals surface area contributed by atoms with Crippen LogP contribution in [0.5, 0.6) is 0 Å². The number of nitrogens with zero attached hydrogens (tertiary/aromatic N) is 1. The van der Waals surface area contributed by atoms with Gasteiger partial charge in [0.2, 0.25) is 0 Å². The summed E-state index contributed by atoms with van der Waals surface area (Å²) in [5.41, 5.74) is 2.22. The van der Waals surface area contributed by atoms with Crippen molar-refractivity contribution < 1.29 is 0 Å². The van der Waals surface area contributed by atoms with E-state index in [1.54, 1.807) is 6.20 Å². The van der Waals surface area contributed by atoms with E-state index < -0.39 is 0 Å². The number of H-pyrrole nitrogens is 1. The monoisotopic (exact) mass is 216 g/mol. The van der Waals surface area contributed by atoms with Crippen LogP contribution < -0.4 is 5.56 Å². The molecule has 2 rings (SSSR count). The van der Waals surface area contributed by atoms with Crippen LogP contribution in [0.15, 0.2) is 41.3 Å². The van der Waals surface area contributed by atoms with Gasteiger partial charge in [-0.25, -0.2) is 4.68 Å². The molecule has 0 bridgehead atoms. The smallest absolute Gasteiger partial charge is 0.271 e. The number of nitrogens with one attached hydrogen (secondary N) is 1. The fourth-order valence-electron chi connectivity index (χ4n) is 1.63. The number of aromatic amines is 1. The first-order valence-electron chi connectivity index (χ1n) is 5.36. The predicted octanol–water partition coefficient (Wildman–Crippen LogP) is 2.46. The molecule has 0 aliphatic carbocycles. The molecule has 0 fully saturated rings. The standard InChI is InChI=1S/C13H16N2O/c1-13(2,3)10-4-6-11(7-5-10)15-12(16)8-9-14-15/h4-9,14H,1-3H3.